The van der Waals surface area contributed by atoms with Crippen molar-refractivity contribution in [2.24, 2.45) is 5.92 Å². The molecule has 2 fully saturated rings. The standard InChI is InChI=1S/C20H24FN3O/c1-14-11-22-23(12-14)13-17-7-2-3-8-24(17)20(25)19-10-18(19)15-5-4-6-16(21)9-15/h4-6,9,11-12,17-19H,2-3,7-8,10,13H2,1H3. The van der Waals surface area contributed by atoms with Crippen molar-refractivity contribution in [1.82, 2.24) is 14.7 Å². The predicted octanol–water partition coefficient (Wildman–Crippen LogP) is 3.52. The van der Waals surface area contributed by atoms with E-state index in [-0.39, 0.29) is 29.6 Å². The summed E-state index contributed by atoms with van der Waals surface area (Å²) in [5, 5.41) is 4.37. The third-order valence-corrected chi connectivity index (χ3v) is 5.45. The van der Waals surface area contributed by atoms with Gasteiger partial charge in [0.1, 0.15) is 5.82 Å². The lowest BCUT2D eigenvalue weighted by molar-refractivity contribution is -0.136. The Hall–Kier alpha value is -2.17. The number of halogens is 1. The van der Waals surface area contributed by atoms with Gasteiger partial charge in [0, 0.05) is 18.7 Å². The van der Waals surface area contributed by atoms with E-state index >= 15 is 0 Å². The summed E-state index contributed by atoms with van der Waals surface area (Å²) < 4.78 is 15.4. The molecule has 132 valence electrons. The van der Waals surface area contributed by atoms with Crippen LogP contribution in [-0.4, -0.2) is 33.2 Å². The van der Waals surface area contributed by atoms with Crippen molar-refractivity contribution >= 4 is 5.91 Å². The Balaban J connectivity index is 1.44. The molecular formula is C20H24FN3O. The fourth-order valence-electron chi connectivity index (χ4n) is 4.05. The molecule has 1 saturated heterocycles. The molecule has 25 heavy (non-hydrogen) atoms. The molecule has 3 atom stereocenters. The number of amides is 1. The van der Waals surface area contributed by atoms with E-state index in [1.807, 2.05) is 30.1 Å². The summed E-state index contributed by atoms with van der Waals surface area (Å²) in [6.45, 7) is 3.62. The number of hydrogen-bond donors (Lipinski definition) is 0. The molecule has 1 aliphatic heterocycles. The minimum atomic E-state index is -0.222. The fourth-order valence-corrected chi connectivity index (χ4v) is 4.05. The van der Waals surface area contributed by atoms with Crippen molar-refractivity contribution in [2.45, 2.75) is 51.1 Å². The number of nitrogens with zero attached hydrogens (tertiary/aromatic N) is 3. The summed E-state index contributed by atoms with van der Waals surface area (Å²) in [6, 6.07) is 6.90. The zero-order chi connectivity index (χ0) is 17.4. The van der Waals surface area contributed by atoms with Crippen molar-refractivity contribution in [3.05, 3.63) is 53.6 Å². The maximum absolute atomic E-state index is 13.4. The number of hydrogen-bond acceptors (Lipinski definition) is 2. The molecule has 0 radical (unpaired) electrons. The molecule has 2 heterocycles. The van der Waals surface area contributed by atoms with Crippen molar-refractivity contribution in [1.29, 1.82) is 0 Å². The van der Waals surface area contributed by atoms with Gasteiger partial charge < -0.3 is 4.90 Å². The van der Waals surface area contributed by atoms with Crippen LogP contribution < -0.4 is 0 Å². The Bertz CT molecular complexity index is 772. The molecule has 1 saturated carbocycles. The lowest BCUT2D eigenvalue weighted by atomic mass is 10.0. The van der Waals surface area contributed by atoms with Crippen LogP contribution in [0.3, 0.4) is 0 Å². The van der Waals surface area contributed by atoms with E-state index in [0.29, 0.717) is 0 Å². The van der Waals surface area contributed by atoms with Crippen LogP contribution in [0.15, 0.2) is 36.7 Å². The molecule has 0 spiro atoms. The SMILES string of the molecule is Cc1cnn(CC2CCCCN2C(=O)C2CC2c2cccc(F)c2)c1. The Kier molecular flexibility index (Phi) is 4.32. The maximum atomic E-state index is 13.4. The van der Waals surface area contributed by atoms with Gasteiger partial charge in [-0.2, -0.15) is 5.10 Å². The zero-order valence-corrected chi connectivity index (χ0v) is 14.6. The summed E-state index contributed by atoms with van der Waals surface area (Å²) in [6.07, 6.45) is 7.98. The van der Waals surface area contributed by atoms with Crippen molar-refractivity contribution in [2.75, 3.05) is 6.54 Å². The molecule has 1 aromatic carbocycles. The van der Waals surface area contributed by atoms with E-state index in [2.05, 4.69) is 10.00 Å². The van der Waals surface area contributed by atoms with Gasteiger partial charge in [-0.15, -0.1) is 0 Å². The third kappa shape index (κ3) is 3.46. The predicted molar refractivity (Wildman–Crippen MR) is 93.6 cm³/mol. The van der Waals surface area contributed by atoms with Crippen molar-refractivity contribution < 1.29 is 9.18 Å². The topological polar surface area (TPSA) is 38.1 Å². The number of benzene rings is 1. The van der Waals surface area contributed by atoms with Crippen molar-refractivity contribution in [3.8, 4) is 0 Å². The van der Waals surface area contributed by atoms with Crippen LogP contribution in [-0.2, 0) is 11.3 Å². The lowest BCUT2D eigenvalue weighted by Gasteiger charge is -2.36. The highest BCUT2D eigenvalue weighted by atomic mass is 19.1. The molecule has 4 nitrogen and oxygen atoms in total. The van der Waals surface area contributed by atoms with Crippen LogP contribution in [0, 0.1) is 18.7 Å². The fraction of sp³-hybridized carbons (Fsp3) is 0.500. The van der Waals surface area contributed by atoms with Gasteiger partial charge in [0.05, 0.1) is 18.8 Å². The van der Waals surface area contributed by atoms with Crippen LogP contribution >= 0.6 is 0 Å². The molecule has 1 amide bonds. The molecule has 5 heteroatoms. The number of aromatic nitrogens is 2. The van der Waals surface area contributed by atoms with Gasteiger partial charge in [-0.25, -0.2) is 4.39 Å². The first-order valence-electron chi connectivity index (χ1n) is 9.17. The molecule has 0 bridgehead atoms. The second-order valence-corrected chi connectivity index (χ2v) is 7.42. The van der Waals surface area contributed by atoms with E-state index in [9.17, 15) is 9.18 Å². The average Bonchev–Trinajstić information content (AvgIpc) is 3.31. The van der Waals surface area contributed by atoms with Gasteiger partial charge in [-0.3, -0.25) is 9.48 Å². The Morgan fingerprint density at radius 3 is 3.00 bits per heavy atom. The molecule has 3 unspecified atom stereocenters. The summed E-state index contributed by atoms with van der Waals surface area (Å²) in [4.78, 5) is 15.1. The van der Waals surface area contributed by atoms with E-state index in [1.54, 1.807) is 12.1 Å². The lowest BCUT2D eigenvalue weighted by Crippen LogP contribution is -2.46. The Morgan fingerprint density at radius 1 is 1.36 bits per heavy atom. The number of carbonyl (C=O) groups is 1. The molecule has 1 aromatic heterocycles. The average molecular weight is 341 g/mol. The molecule has 2 aromatic rings. The smallest absolute Gasteiger partial charge is 0.226 e. The van der Waals surface area contributed by atoms with E-state index in [4.69, 9.17) is 0 Å². The number of aryl methyl sites for hydroxylation is 1. The van der Waals surface area contributed by atoms with Gasteiger partial charge in [-0.1, -0.05) is 12.1 Å². The van der Waals surface area contributed by atoms with Crippen molar-refractivity contribution in [3.63, 3.8) is 0 Å². The largest absolute Gasteiger partial charge is 0.338 e. The normalized spacial score (nSPS) is 25.8. The second-order valence-electron chi connectivity index (χ2n) is 7.42. The van der Waals surface area contributed by atoms with Crippen LogP contribution in [0.5, 0.6) is 0 Å². The molecule has 2 aliphatic rings. The molecule has 1 aliphatic carbocycles. The summed E-state index contributed by atoms with van der Waals surface area (Å²) in [5.41, 5.74) is 2.09. The quantitative estimate of drug-likeness (QED) is 0.853. The third-order valence-electron chi connectivity index (χ3n) is 5.45. The highest BCUT2D eigenvalue weighted by molar-refractivity contribution is 5.83. The van der Waals surface area contributed by atoms with E-state index in [1.165, 1.54) is 6.07 Å². The second kappa shape index (κ2) is 6.62. The van der Waals surface area contributed by atoms with Crippen LogP contribution in [0.1, 0.15) is 42.7 Å². The maximum Gasteiger partial charge on any atom is 0.226 e. The molecule has 0 N–H and O–H groups in total. The van der Waals surface area contributed by atoms with E-state index in [0.717, 1.165) is 49.9 Å². The summed E-state index contributed by atoms with van der Waals surface area (Å²) in [5.74, 6) is 0.211. The number of piperidine rings is 1. The van der Waals surface area contributed by atoms with Crippen LogP contribution in [0.4, 0.5) is 4.39 Å². The minimum absolute atomic E-state index is 0.0155. The van der Waals surface area contributed by atoms with Gasteiger partial charge in [-0.05, 0) is 61.8 Å². The van der Waals surface area contributed by atoms with Gasteiger partial charge in [0.2, 0.25) is 5.91 Å². The number of carbonyl (C=O) groups excluding carboxylic acids is 1. The first-order valence-corrected chi connectivity index (χ1v) is 9.17. The highest BCUT2D eigenvalue weighted by Gasteiger charge is 2.47. The number of likely N-dealkylation sites (tertiary alicyclic amines) is 1. The van der Waals surface area contributed by atoms with Gasteiger partial charge in [0.15, 0.2) is 0 Å². The molecule has 4 rings (SSSR count). The summed E-state index contributed by atoms with van der Waals surface area (Å²) in [7, 11) is 0. The Labute approximate surface area is 147 Å². The van der Waals surface area contributed by atoms with Gasteiger partial charge >= 0.3 is 0 Å². The first-order chi connectivity index (χ1) is 12.1. The highest BCUT2D eigenvalue weighted by Crippen LogP contribution is 2.49. The molecular weight excluding hydrogens is 317 g/mol. The Morgan fingerprint density at radius 2 is 2.24 bits per heavy atom. The van der Waals surface area contributed by atoms with E-state index < -0.39 is 0 Å². The zero-order valence-electron chi connectivity index (χ0n) is 14.6. The number of rotatable bonds is 4. The minimum Gasteiger partial charge on any atom is -0.338 e. The van der Waals surface area contributed by atoms with Crippen LogP contribution in [0.25, 0.3) is 0 Å². The first kappa shape index (κ1) is 16.3. The van der Waals surface area contributed by atoms with Crippen LogP contribution in [0.2, 0.25) is 0 Å². The summed E-state index contributed by atoms with van der Waals surface area (Å²) >= 11 is 0. The monoisotopic (exact) mass is 341 g/mol. The van der Waals surface area contributed by atoms with Gasteiger partial charge in [0.25, 0.3) is 0 Å².